The molecule has 3 heterocycles. The topological polar surface area (TPSA) is 88.2 Å². The molecule has 0 spiro atoms. The van der Waals surface area contributed by atoms with Crippen LogP contribution in [0.5, 0.6) is 0 Å². The Labute approximate surface area is 109 Å². The van der Waals surface area contributed by atoms with Crippen molar-refractivity contribution in [3.8, 4) is 11.4 Å². The van der Waals surface area contributed by atoms with Crippen LogP contribution in [-0.4, -0.2) is 36.8 Å². The average molecular weight is 259 g/mol. The quantitative estimate of drug-likeness (QED) is 0.838. The van der Waals surface area contributed by atoms with Crippen molar-refractivity contribution in [2.24, 2.45) is 0 Å². The molecule has 2 aromatic rings. The molecular weight excluding hydrogens is 246 g/mol. The van der Waals surface area contributed by atoms with E-state index in [1.165, 1.54) is 0 Å². The summed E-state index contributed by atoms with van der Waals surface area (Å²) in [4.78, 5) is 19.4. The van der Waals surface area contributed by atoms with Gasteiger partial charge >= 0.3 is 5.97 Å². The van der Waals surface area contributed by atoms with Crippen molar-refractivity contribution in [2.75, 3.05) is 0 Å². The molecular formula is C13H13N3O3. The summed E-state index contributed by atoms with van der Waals surface area (Å²) in [5.74, 6) is -0.431. The second-order valence-corrected chi connectivity index (χ2v) is 4.57. The minimum Gasteiger partial charge on any atom is -0.476 e. The molecule has 0 bridgehead atoms. The maximum Gasteiger partial charge on any atom is 0.356 e. The molecule has 0 saturated heterocycles. The Kier molecular flexibility index (Phi) is 2.79. The van der Waals surface area contributed by atoms with Gasteiger partial charge in [-0.1, -0.05) is 0 Å². The smallest absolute Gasteiger partial charge is 0.356 e. The molecule has 0 aliphatic carbocycles. The van der Waals surface area contributed by atoms with Gasteiger partial charge in [0.25, 0.3) is 0 Å². The van der Waals surface area contributed by atoms with Crippen LogP contribution in [-0.2, 0) is 13.0 Å². The Bertz CT molecular complexity index is 622. The third-order valence-corrected chi connectivity index (χ3v) is 3.33. The highest BCUT2D eigenvalue weighted by Crippen LogP contribution is 2.27. The lowest BCUT2D eigenvalue weighted by atomic mass is 10.1. The summed E-state index contributed by atoms with van der Waals surface area (Å²) in [5.41, 5.74) is 1.46. The molecule has 3 rings (SSSR count). The van der Waals surface area contributed by atoms with E-state index >= 15 is 0 Å². The summed E-state index contributed by atoms with van der Waals surface area (Å²) in [7, 11) is 0. The summed E-state index contributed by atoms with van der Waals surface area (Å²) >= 11 is 0. The van der Waals surface area contributed by atoms with Crippen LogP contribution in [0.2, 0.25) is 0 Å². The van der Waals surface area contributed by atoms with Gasteiger partial charge in [-0.2, -0.15) is 0 Å². The monoisotopic (exact) mass is 259 g/mol. The van der Waals surface area contributed by atoms with Gasteiger partial charge in [-0.3, -0.25) is 4.98 Å². The molecule has 2 N–H and O–H groups in total. The number of aromatic carboxylic acids is 1. The molecule has 1 unspecified atom stereocenters. The van der Waals surface area contributed by atoms with E-state index < -0.39 is 12.1 Å². The SMILES string of the molecule is O=C(O)c1nc(-c2ccncc2)n2c1CC(O)CC2. The summed E-state index contributed by atoms with van der Waals surface area (Å²) in [6.45, 7) is 0.578. The third-order valence-electron chi connectivity index (χ3n) is 3.33. The van der Waals surface area contributed by atoms with E-state index in [1.807, 2.05) is 4.57 Å². The molecule has 0 amide bonds. The summed E-state index contributed by atoms with van der Waals surface area (Å²) in [6.07, 6.45) is 3.75. The van der Waals surface area contributed by atoms with E-state index in [-0.39, 0.29) is 5.69 Å². The number of carboxylic acids is 1. The molecule has 0 saturated carbocycles. The Balaban J connectivity index is 2.17. The highest BCUT2D eigenvalue weighted by molar-refractivity contribution is 5.88. The van der Waals surface area contributed by atoms with Crippen molar-refractivity contribution in [1.82, 2.24) is 14.5 Å². The Morgan fingerprint density at radius 2 is 2.11 bits per heavy atom. The van der Waals surface area contributed by atoms with Gasteiger partial charge in [-0.05, 0) is 18.6 Å². The van der Waals surface area contributed by atoms with Crippen molar-refractivity contribution < 1.29 is 15.0 Å². The lowest BCUT2D eigenvalue weighted by molar-refractivity contribution is 0.0687. The second-order valence-electron chi connectivity index (χ2n) is 4.57. The predicted molar refractivity (Wildman–Crippen MR) is 66.7 cm³/mol. The number of hydrogen-bond donors (Lipinski definition) is 2. The third kappa shape index (κ3) is 2.00. The molecule has 19 heavy (non-hydrogen) atoms. The number of hydrogen-bond acceptors (Lipinski definition) is 4. The van der Waals surface area contributed by atoms with E-state index in [0.717, 1.165) is 5.56 Å². The van der Waals surface area contributed by atoms with Gasteiger partial charge in [-0.25, -0.2) is 9.78 Å². The largest absolute Gasteiger partial charge is 0.476 e. The number of nitrogens with zero attached hydrogens (tertiary/aromatic N) is 3. The molecule has 0 aromatic carbocycles. The number of pyridine rings is 1. The number of aliphatic hydroxyl groups is 1. The number of imidazole rings is 1. The maximum atomic E-state index is 11.3. The summed E-state index contributed by atoms with van der Waals surface area (Å²) < 4.78 is 1.88. The van der Waals surface area contributed by atoms with Gasteiger partial charge in [0.2, 0.25) is 0 Å². The van der Waals surface area contributed by atoms with E-state index in [0.29, 0.717) is 30.9 Å². The zero-order valence-electron chi connectivity index (χ0n) is 10.2. The normalized spacial score (nSPS) is 18.1. The van der Waals surface area contributed by atoms with Crippen molar-refractivity contribution in [2.45, 2.75) is 25.5 Å². The maximum absolute atomic E-state index is 11.3. The second kappa shape index (κ2) is 4.47. The first-order chi connectivity index (χ1) is 9.16. The Morgan fingerprint density at radius 1 is 1.37 bits per heavy atom. The summed E-state index contributed by atoms with van der Waals surface area (Å²) in [5, 5.41) is 18.9. The van der Waals surface area contributed by atoms with Gasteiger partial charge in [0, 0.05) is 30.9 Å². The lowest BCUT2D eigenvalue weighted by Gasteiger charge is -2.21. The zero-order valence-corrected chi connectivity index (χ0v) is 10.2. The van der Waals surface area contributed by atoms with Crippen LogP contribution in [0.1, 0.15) is 22.6 Å². The molecule has 98 valence electrons. The number of aliphatic hydroxyl groups excluding tert-OH is 1. The molecule has 1 aliphatic heterocycles. The standard InChI is InChI=1S/C13H13N3O3/c17-9-3-6-16-10(7-9)11(13(18)19)15-12(16)8-1-4-14-5-2-8/h1-2,4-5,9,17H,3,6-7H2,(H,18,19). The van der Waals surface area contributed by atoms with Gasteiger partial charge in [0.15, 0.2) is 5.69 Å². The van der Waals surface area contributed by atoms with E-state index in [9.17, 15) is 15.0 Å². The molecule has 1 aliphatic rings. The van der Waals surface area contributed by atoms with Crippen LogP contribution in [0.3, 0.4) is 0 Å². The van der Waals surface area contributed by atoms with Crippen LogP contribution in [0.25, 0.3) is 11.4 Å². The fourth-order valence-corrected chi connectivity index (χ4v) is 2.43. The van der Waals surface area contributed by atoms with E-state index in [4.69, 9.17) is 0 Å². The molecule has 2 aromatic heterocycles. The van der Waals surface area contributed by atoms with Crippen LogP contribution in [0, 0.1) is 0 Å². The number of aromatic nitrogens is 3. The molecule has 6 nitrogen and oxygen atoms in total. The first-order valence-corrected chi connectivity index (χ1v) is 6.08. The number of carbonyl (C=O) groups is 1. The lowest BCUT2D eigenvalue weighted by Crippen LogP contribution is -2.24. The van der Waals surface area contributed by atoms with Crippen LogP contribution in [0.4, 0.5) is 0 Å². The number of rotatable bonds is 2. The highest BCUT2D eigenvalue weighted by Gasteiger charge is 2.27. The first kappa shape index (κ1) is 11.9. The fourth-order valence-electron chi connectivity index (χ4n) is 2.43. The average Bonchev–Trinajstić information content (AvgIpc) is 2.78. The van der Waals surface area contributed by atoms with Crippen molar-refractivity contribution in [3.63, 3.8) is 0 Å². The molecule has 0 radical (unpaired) electrons. The first-order valence-electron chi connectivity index (χ1n) is 6.08. The van der Waals surface area contributed by atoms with Crippen LogP contribution < -0.4 is 0 Å². The minimum atomic E-state index is -1.06. The van der Waals surface area contributed by atoms with Gasteiger partial charge in [0.05, 0.1) is 11.8 Å². The molecule has 1 atom stereocenters. The predicted octanol–water partition coefficient (Wildman–Crippen LogP) is 0.950. The highest BCUT2D eigenvalue weighted by atomic mass is 16.4. The molecule has 6 heteroatoms. The number of fused-ring (bicyclic) bond motifs is 1. The zero-order chi connectivity index (χ0) is 13.4. The molecule has 0 fully saturated rings. The van der Waals surface area contributed by atoms with E-state index in [1.54, 1.807) is 24.5 Å². The van der Waals surface area contributed by atoms with E-state index in [2.05, 4.69) is 9.97 Å². The van der Waals surface area contributed by atoms with Crippen molar-refractivity contribution in [3.05, 3.63) is 35.9 Å². The minimum absolute atomic E-state index is 0.0329. The Morgan fingerprint density at radius 3 is 2.79 bits per heavy atom. The van der Waals surface area contributed by atoms with Gasteiger partial charge in [0.1, 0.15) is 5.82 Å². The Hall–Kier alpha value is -2.21. The van der Waals surface area contributed by atoms with Crippen molar-refractivity contribution in [1.29, 1.82) is 0 Å². The fraction of sp³-hybridized carbons (Fsp3) is 0.308. The number of carboxylic acid groups (broad SMARTS) is 1. The summed E-state index contributed by atoms with van der Waals surface area (Å²) in [6, 6.07) is 3.60. The van der Waals surface area contributed by atoms with Gasteiger partial charge in [-0.15, -0.1) is 0 Å². The van der Waals surface area contributed by atoms with Crippen LogP contribution >= 0.6 is 0 Å². The van der Waals surface area contributed by atoms with Gasteiger partial charge < -0.3 is 14.8 Å². The van der Waals surface area contributed by atoms with Crippen LogP contribution in [0.15, 0.2) is 24.5 Å². The van der Waals surface area contributed by atoms with Crippen molar-refractivity contribution >= 4 is 5.97 Å².